The Balaban J connectivity index is 2.00. The van der Waals surface area contributed by atoms with Crippen molar-refractivity contribution < 1.29 is 9.84 Å². The minimum absolute atomic E-state index is 0.0745. The molecule has 0 spiro atoms. The summed E-state index contributed by atoms with van der Waals surface area (Å²) in [6, 6.07) is 14.0. The molecule has 6 heteroatoms. The highest BCUT2D eigenvalue weighted by Crippen LogP contribution is 2.34. The van der Waals surface area contributed by atoms with E-state index in [0.29, 0.717) is 22.9 Å². The van der Waals surface area contributed by atoms with Gasteiger partial charge in [0.05, 0.1) is 5.56 Å². The average Bonchev–Trinajstić information content (AvgIpc) is 2.96. The summed E-state index contributed by atoms with van der Waals surface area (Å²) in [5.41, 5.74) is 0.694. The van der Waals surface area contributed by atoms with Gasteiger partial charge in [-0.05, 0) is 29.5 Å². The summed E-state index contributed by atoms with van der Waals surface area (Å²) < 4.78 is 5.69. The third kappa shape index (κ3) is 2.23. The number of nitrogens with zero attached hydrogens (tertiary/aromatic N) is 3. The van der Waals surface area contributed by atoms with Gasteiger partial charge in [-0.2, -0.15) is 5.21 Å². The Morgan fingerprint density at radius 3 is 2.42 bits per heavy atom. The van der Waals surface area contributed by atoms with Gasteiger partial charge in [0.25, 0.3) is 0 Å². The van der Waals surface area contributed by atoms with Crippen LogP contribution < -0.4 is 4.74 Å². The lowest BCUT2D eigenvalue weighted by atomic mass is 10.2. The Labute approximate surface area is 108 Å². The highest BCUT2D eigenvalue weighted by Gasteiger charge is 2.11. The minimum Gasteiger partial charge on any atom is -0.504 e. The van der Waals surface area contributed by atoms with Gasteiger partial charge >= 0.3 is 0 Å². The first-order valence-electron chi connectivity index (χ1n) is 5.63. The van der Waals surface area contributed by atoms with Gasteiger partial charge < -0.3 is 9.84 Å². The lowest BCUT2D eigenvalue weighted by molar-refractivity contribution is 0.412. The molecule has 2 N–H and O–H groups in total. The molecule has 0 aliphatic carbocycles. The molecule has 1 heterocycles. The first kappa shape index (κ1) is 11.2. The van der Waals surface area contributed by atoms with E-state index >= 15 is 0 Å². The Morgan fingerprint density at radius 1 is 0.947 bits per heavy atom. The van der Waals surface area contributed by atoms with Gasteiger partial charge in [0.2, 0.25) is 5.82 Å². The summed E-state index contributed by atoms with van der Waals surface area (Å²) in [6.07, 6.45) is 0. The molecule has 3 aromatic rings. The lowest BCUT2D eigenvalue weighted by Crippen LogP contribution is -1.90. The van der Waals surface area contributed by atoms with Crippen molar-refractivity contribution in [3.05, 3.63) is 48.5 Å². The van der Waals surface area contributed by atoms with Gasteiger partial charge in [-0.1, -0.05) is 24.3 Å². The van der Waals surface area contributed by atoms with Crippen molar-refractivity contribution in [3.8, 4) is 28.6 Å². The van der Waals surface area contributed by atoms with E-state index in [0.717, 1.165) is 0 Å². The number of tetrazole rings is 1. The topological polar surface area (TPSA) is 83.9 Å². The molecule has 0 bridgehead atoms. The average molecular weight is 254 g/mol. The summed E-state index contributed by atoms with van der Waals surface area (Å²) in [6.45, 7) is 0. The van der Waals surface area contributed by atoms with Crippen molar-refractivity contribution in [2.45, 2.75) is 0 Å². The number of hydrogen-bond acceptors (Lipinski definition) is 5. The largest absolute Gasteiger partial charge is 0.504 e. The number of nitrogens with one attached hydrogen (secondary N) is 1. The summed E-state index contributed by atoms with van der Waals surface area (Å²) >= 11 is 0. The Bertz CT molecular complexity index is 683. The molecule has 0 unspecified atom stereocenters. The molecule has 0 atom stereocenters. The number of ether oxygens (including phenoxy) is 1. The Kier molecular flexibility index (Phi) is 2.82. The van der Waals surface area contributed by atoms with E-state index in [2.05, 4.69) is 20.6 Å². The van der Waals surface area contributed by atoms with E-state index in [1.54, 1.807) is 30.3 Å². The van der Waals surface area contributed by atoms with E-state index < -0.39 is 0 Å². The van der Waals surface area contributed by atoms with Crippen LogP contribution in [0.4, 0.5) is 0 Å². The number of aromatic nitrogens is 4. The van der Waals surface area contributed by atoms with E-state index in [1.165, 1.54) is 0 Å². The van der Waals surface area contributed by atoms with Crippen molar-refractivity contribution in [1.82, 2.24) is 20.6 Å². The molecule has 2 aromatic carbocycles. The Morgan fingerprint density at radius 2 is 1.68 bits per heavy atom. The number of aromatic amines is 1. The Hall–Kier alpha value is -2.89. The van der Waals surface area contributed by atoms with Crippen molar-refractivity contribution >= 4 is 0 Å². The molecule has 0 radical (unpaired) electrons. The van der Waals surface area contributed by atoms with Gasteiger partial charge in [-0.3, -0.25) is 0 Å². The highest BCUT2D eigenvalue weighted by atomic mass is 16.5. The van der Waals surface area contributed by atoms with E-state index in [1.807, 2.05) is 18.2 Å². The van der Waals surface area contributed by atoms with Crippen molar-refractivity contribution in [2.75, 3.05) is 0 Å². The van der Waals surface area contributed by atoms with Gasteiger partial charge in [0.15, 0.2) is 11.5 Å². The molecule has 19 heavy (non-hydrogen) atoms. The summed E-state index contributed by atoms with van der Waals surface area (Å²) in [7, 11) is 0. The zero-order valence-electron chi connectivity index (χ0n) is 9.82. The first-order valence-corrected chi connectivity index (χ1v) is 5.63. The number of aromatic hydroxyl groups is 1. The van der Waals surface area contributed by atoms with E-state index in [4.69, 9.17) is 4.74 Å². The van der Waals surface area contributed by atoms with Crippen LogP contribution in [0.5, 0.6) is 17.2 Å². The number of phenolic OH excluding ortho intramolecular Hbond substituents is 1. The van der Waals surface area contributed by atoms with Gasteiger partial charge in [-0.25, -0.2) is 0 Å². The maximum atomic E-state index is 9.72. The third-order valence-corrected chi connectivity index (χ3v) is 2.56. The molecule has 0 aliphatic rings. The second kappa shape index (κ2) is 4.77. The zero-order valence-corrected chi connectivity index (χ0v) is 9.82. The zero-order chi connectivity index (χ0) is 13.1. The second-order valence-corrected chi connectivity index (χ2v) is 3.80. The van der Waals surface area contributed by atoms with Crippen LogP contribution in [0.2, 0.25) is 0 Å². The number of para-hydroxylation sites is 3. The maximum absolute atomic E-state index is 9.72. The normalized spacial score (nSPS) is 10.3. The van der Waals surface area contributed by atoms with Crippen molar-refractivity contribution in [2.24, 2.45) is 0 Å². The number of phenols is 1. The van der Waals surface area contributed by atoms with Crippen LogP contribution in [0.1, 0.15) is 0 Å². The molecule has 3 rings (SSSR count). The maximum Gasteiger partial charge on any atom is 0.208 e. The standard InChI is InChI=1S/C13H10N4O2/c18-10-6-2-4-8-12(10)19-11-7-3-1-5-9(11)13-14-16-17-15-13/h1-8,18H,(H,14,15,16,17). The molecule has 0 saturated heterocycles. The van der Waals surface area contributed by atoms with Crippen LogP contribution in [-0.2, 0) is 0 Å². The number of rotatable bonds is 3. The predicted octanol–water partition coefficient (Wildman–Crippen LogP) is 2.36. The van der Waals surface area contributed by atoms with Crippen LogP contribution in [0, 0.1) is 0 Å². The molecular formula is C13H10N4O2. The SMILES string of the molecule is Oc1ccccc1Oc1ccccc1-c1nn[nH]n1. The second-order valence-electron chi connectivity index (χ2n) is 3.80. The smallest absolute Gasteiger partial charge is 0.208 e. The van der Waals surface area contributed by atoms with Crippen LogP contribution in [0.3, 0.4) is 0 Å². The van der Waals surface area contributed by atoms with Crippen LogP contribution >= 0.6 is 0 Å². The summed E-state index contributed by atoms with van der Waals surface area (Å²) in [5, 5.41) is 23.5. The molecule has 6 nitrogen and oxygen atoms in total. The third-order valence-electron chi connectivity index (χ3n) is 2.56. The lowest BCUT2D eigenvalue weighted by Gasteiger charge is -2.09. The molecular weight excluding hydrogens is 244 g/mol. The van der Waals surface area contributed by atoms with Crippen LogP contribution in [0.25, 0.3) is 11.4 Å². The fourth-order valence-electron chi connectivity index (χ4n) is 1.68. The predicted molar refractivity (Wildman–Crippen MR) is 67.8 cm³/mol. The van der Waals surface area contributed by atoms with Crippen LogP contribution in [0.15, 0.2) is 48.5 Å². The van der Waals surface area contributed by atoms with Crippen LogP contribution in [-0.4, -0.2) is 25.7 Å². The minimum atomic E-state index is 0.0745. The molecule has 1 aromatic heterocycles. The number of benzene rings is 2. The molecule has 0 fully saturated rings. The first-order chi connectivity index (χ1) is 9.34. The molecule has 0 amide bonds. The number of hydrogen-bond donors (Lipinski definition) is 2. The molecule has 0 aliphatic heterocycles. The van der Waals surface area contributed by atoms with Crippen molar-refractivity contribution in [3.63, 3.8) is 0 Å². The quantitative estimate of drug-likeness (QED) is 0.749. The van der Waals surface area contributed by atoms with Gasteiger partial charge in [-0.15, -0.1) is 10.2 Å². The summed E-state index contributed by atoms with van der Waals surface area (Å²) in [4.78, 5) is 0. The monoisotopic (exact) mass is 254 g/mol. The van der Waals surface area contributed by atoms with E-state index in [-0.39, 0.29) is 5.75 Å². The van der Waals surface area contributed by atoms with E-state index in [9.17, 15) is 5.11 Å². The fraction of sp³-hybridized carbons (Fsp3) is 0. The summed E-state index contributed by atoms with van der Waals surface area (Å²) in [5.74, 6) is 1.43. The molecule has 94 valence electrons. The van der Waals surface area contributed by atoms with Crippen molar-refractivity contribution in [1.29, 1.82) is 0 Å². The number of H-pyrrole nitrogens is 1. The fourth-order valence-corrected chi connectivity index (χ4v) is 1.68. The highest BCUT2D eigenvalue weighted by molar-refractivity contribution is 5.64. The van der Waals surface area contributed by atoms with Gasteiger partial charge in [0.1, 0.15) is 5.75 Å². The van der Waals surface area contributed by atoms with Gasteiger partial charge in [0, 0.05) is 0 Å². The molecule has 0 saturated carbocycles.